The van der Waals surface area contributed by atoms with Crippen molar-refractivity contribution in [3.05, 3.63) is 54.6 Å². The predicted molar refractivity (Wildman–Crippen MR) is 128 cm³/mol. The average Bonchev–Trinajstić information content (AvgIpc) is 2.98. The van der Waals surface area contributed by atoms with Crippen LogP contribution in [0.4, 0.5) is 15.8 Å². The van der Waals surface area contributed by atoms with Gasteiger partial charge >= 0.3 is 0 Å². The number of fused-ring (bicyclic) bond motifs is 1. The first-order chi connectivity index (χ1) is 15.2. The standard InChI is InChI=1S/C22H25FN2O2S2.CH4O/c1-3-4-6-17-15-25(18-9-7-16(23)8-10-18)19-13-22(28-2)20(27-12-5-11-26)14-21(19)29-24-17;1-2/h5,7-14,17,24H,3-4,6,15H2,1-2H3;2H,1H3/b12-5+;. The number of aliphatic hydroxyl groups excluding tert-OH is 1. The summed E-state index contributed by atoms with van der Waals surface area (Å²) in [4.78, 5) is 14.8. The topological polar surface area (TPSA) is 61.8 Å². The number of halogens is 1. The first-order valence-electron chi connectivity index (χ1n) is 10.1. The van der Waals surface area contributed by atoms with Crippen molar-refractivity contribution < 1.29 is 19.0 Å². The number of rotatable bonds is 8. The van der Waals surface area contributed by atoms with Crippen LogP contribution in [-0.2, 0) is 4.79 Å². The lowest BCUT2D eigenvalue weighted by Gasteiger charge is -2.28. The van der Waals surface area contributed by atoms with Gasteiger partial charge in [-0.05, 0) is 61.0 Å². The number of carbonyl (C=O) groups is 1. The van der Waals surface area contributed by atoms with E-state index in [0.717, 1.165) is 54.1 Å². The molecule has 2 aromatic rings. The lowest BCUT2D eigenvalue weighted by Crippen LogP contribution is -2.34. The molecule has 1 aliphatic heterocycles. The maximum absolute atomic E-state index is 13.5. The second-order valence-electron chi connectivity index (χ2n) is 6.70. The Morgan fingerprint density at radius 2 is 2.06 bits per heavy atom. The zero-order valence-electron chi connectivity index (χ0n) is 18.0. The predicted octanol–water partition coefficient (Wildman–Crippen LogP) is 5.55. The highest BCUT2D eigenvalue weighted by Gasteiger charge is 2.25. The summed E-state index contributed by atoms with van der Waals surface area (Å²) in [6, 6.07) is 11.0. The van der Waals surface area contributed by atoms with E-state index in [1.165, 1.54) is 24.5 Å². The molecule has 0 saturated heterocycles. The van der Waals surface area contributed by atoms with Crippen molar-refractivity contribution in [2.75, 3.05) is 24.8 Å². The van der Waals surface area contributed by atoms with Crippen molar-refractivity contribution in [3.63, 3.8) is 0 Å². The number of unbranched alkanes of at least 4 members (excludes halogenated alkanes) is 1. The van der Waals surface area contributed by atoms with E-state index in [-0.39, 0.29) is 5.82 Å². The summed E-state index contributed by atoms with van der Waals surface area (Å²) in [6.45, 7) is 2.99. The summed E-state index contributed by atoms with van der Waals surface area (Å²) in [5, 5.41) is 7.00. The summed E-state index contributed by atoms with van der Waals surface area (Å²) in [5.74, 6) is 0.462. The van der Waals surface area contributed by atoms with E-state index >= 15 is 0 Å². The molecular formula is C23H29FN2O3S2. The highest BCUT2D eigenvalue weighted by Crippen LogP contribution is 2.43. The maximum atomic E-state index is 13.5. The van der Waals surface area contributed by atoms with E-state index in [0.29, 0.717) is 18.1 Å². The first-order valence-corrected chi connectivity index (χ1v) is 12.1. The summed E-state index contributed by atoms with van der Waals surface area (Å²) in [5.41, 5.74) is 2.02. The first kappa shape index (κ1) is 25.3. The van der Waals surface area contributed by atoms with Crippen LogP contribution in [0.15, 0.2) is 58.5 Å². The van der Waals surface area contributed by atoms with Gasteiger partial charge in [0.25, 0.3) is 0 Å². The molecule has 8 heteroatoms. The smallest absolute Gasteiger partial charge is 0.145 e. The van der Waals surface area contributed by atoms with Crippen LogP contribution in [0, 0.1) is 5.82 Å². The summed E-state index contributed by atoms with van der Waals surface area (Å²) < 4.78 is 22.8. The minimum Gasteiger partial charge on any atom is -0.464 e. The lowest BCUT2D eigenvalue weighted by atomic mass is 10.1. The number of nitrogens with one attached hydrogen (secondary N) is 1. The SMILES string of the molecule is CCCCC1CN(c2ccc(F)cc2)c2cc(SC)c(O/C=C/C=O)cc2SN1.CO. The third-order valence-electron chi connectivity index (χ3n) is 4.67. The molecular weight excluding hydrogens is 435 g/mol. The molecule has 0 aliphatic carbocycles. The van der Waals surface area contributed by atoms with Gasteiger partial charge in [-0.3, -0.25) is 9.52 Å². The molecule has 0 amide bonds. The van der Waals surface area contributed by atoms with Gasteiger partial charge in [0.05, 0.1) is 21.7 Å². The van der Waals surface area contributed by atoms with Gasteiger partial charge < -0.3 is 14.7 Å². The number of thioether (sulfide) groups is 1. The van der Waals surface area contributed by atoms with E-state index in [9.17, 15) is 9.18 Å². The molecule has 5 nitrogen and oxygen atoms in total. The number of anilines is 2. The molecule has 1 heterocycles. The van der Waals surface area contributed by atoms with E-state index in [2.05, 4.69) is 22.6 Å². The fourth-order valence-electron chi connectivity index (χ4n) is 3.19. The molecule has 1 aliphatic rings. The van der Waals surface area contributed by atoms with Gasteiger partial charge in [-0.25, -0.2) is 4.39 Å². The second-order valence-corrected chi connectivity index (χ2v) is 8.43. The molecule has 2 N–H and O–H groups in total. The Balaban J connectivity index is 0.00000166. The number of nitrogens with zero attached hydrogens (tertiary/aromatic N) is 1. The molecule has 31 heavy (non-hydrogen) atoms. The summed E-state index contributed by atoms with van der Waals surface area (Å²) in [7, 11) is 1.00. The Kier molecular flexibility index (Phi) is 10.9. The minimum atomic E-state index is -0.241. The lowest BCUT2D eigenvalue weighted by molar-refractivity contribution is -0.104. The van der Waals surface area contributed by atoms with Crippen molar-refractivity contribution >= 4 is 41.4 Å². The minimum absolute atomic E-state index is 0.241. The number of carbonyl (C=O) groups excluding carboxylic acids is 1. The van der Waals surface area contributed by atoms with Gasteiger partial charge in [0, 0.05) is 31.5 Å². The Morgan fingerprint density at radius 1 is 1.32 bits per heavy atom. The normalized spacial score (nSPS) is 15.6. The number of hydrogen-bond donors (Lipinski definition) is 2. The van der Waals surface area contributed by atoms with Crippen LogP contribution in [-0.4, -0.2) is 37.3 Å². The number of hydrogen-bond acceptors (Lipinski definition) is 7. The van der Waals surface area contributed by atoms with Gasteiger partial charge in [0.15, 0.2) is 0 Å². The molecule has 1 unspecified atom stereocenters. The van der Waals surface area contributed by atoms with Crippen LogP contribution >= 0.6 is 23.7 Å². The largest absolute Gasteiger partial charge is 0.464 e. The Labute approximate surface area is 192 Å². The molecule has 0 saturated carbocycles. The fraction of sp³-hybridized carbons (Fsp3) is 0.348. The van der Waals surface area contributed by atoms with E-state index < -0.39 is 0 Å². The van der Waals surface area contributed by atoms with Crippen molar-refractivity contribution in [2.24, 2.45) is 0 Å². The quantitative estimate of drug-likeness (QED) is 0.174. The average molecular weight is 465 g/mol. The molecule has 0 aromatic heterocycles. The zero-order valence-corrected chi connectivity index (χ0v) is 19.6. The number of benzene rings is 2. The molecule has 0 radical (unpaired) electrons. The molecule has 3 rings (SSSR count). The van der Waals surface area contributed by atoms with Crippen LogP contribution in [0.5, 0.6) is 5.75 Å². The van der Waals surface area contributed by atoms with E-state index in [1.54, 1.807) is 23.7 Å². The van der Waals surface area contributed by atoms with Crippen LogP contribution in [0.25, 0.3) is 0 Å². The van der Waals surface area contributed by atoms with Crippen molar-refractivity contribution in [1.29, 1.82) is 0 Å². The maximum Gasteiger partial charge on any atom is 0.145 e. The van der Waals surface area contributed by atoms with Gasteiger partial charge in [0.1, 0.15) is 17.9 Å². The number of aldehydes is 1. The Hall–Kier alpha value is -2.00. The van der Waals surface area contributed by atoms with Crippen molar-refractivity contribution in [2.45, 2.75) is 42.0 Å². The Morgan fingerprint density at radius 3 is 2.71 bits per heavy atom. The molecule has 1 atom stereocenters. The van der Waals surface area contributed by atoms with Crippen LogP contribution in [0.1, 0.15) is 26.2 Å². The third-order valence-corrected chi connectivity index (χ3v) is 6.43. The fourth-order valence-corrected chi connectivity index (χ4v) is 4.65. The molecule has 0 bridgehead atoms. The molecule has 0 spiro atoms. The van der Waals surface area contributed by atoms with Gasteiger partial charge in [-0.15, -0.1) is 11.8 Å². The van der Waals surface area contributed by atoms with Gasteiger partial charge in [-0.2, -0.15) is 0 Å². The van der Waals surface area contributed by atoms with Crippen molar-refractivity contribution in [1.82, 2.24) is 4.72 Å². The van der Waals surface area contributed by atoms with Crippen LogP contribution in [0.3, 0.4) is 0 Å². The zero-order chi connectivity index (χ0) is 22.6. The monoisotopic (exact) mass is 464 g/mol. The highest BCUT2D eigenvalue weighted by molar-refractivity contribution is 7.98. The van der Waals surface area contributed by atoms with Crippen LogP contribution in [0.2, 0.25) is 0 Å². The molecule has 0 fully saturated rings. The highest BCUT2D eigenvalue weighted by atomic mass is 32.2. The number of ether oxygens (including phenoxy) is 1. The van der Waals surface area contributed by atoms with Crippen molar-refractivity contribution in [3.8, 4) is 5.75 Å². The number of allylic oxidation sites excluding steroid dienone is 1. The van der Waals surface area contributed by atoms with Crippen LogP contribution < -0.4 is 14.4 Å². The summed E-state index contributed by atoms with van der Waals surface area (Å²) in [6.07, 6.45) is 8.75. The third kappa shape index (κ3) is 7.00. The number of aliphatic hydroxyl groups is 1. The van der Waals surface area contributed by atoms with E-state index in [1.807, 2.05) is 24.5 Å². The summed E-state index contributed by atoms with van der Waals surface area (Å²) >= 11 is 3.18. The van der Waals surface area contributed by atoms with Gasteiger partial charge in [-0.1, -0.05) is 19.8 Å². The van der Waals surface area contributed by atoms with Gasteiger partial charge in [0.2, 0.25) is 0 Å². The van der Waals surface area contributed by atoms with E-state index in [4.69, 9.17) is 9.84 Å². The second kappa shape index (κ2) is 13.4. The molecule has 168 valence electrons. The molecule has 2 aromatic carbocycles. The Bertz CT molecular complexity index is 863.